The number of hydrogen-bond donors (Lipinski definition) is 0. The summed E-state index contributed by atoms with van der Waals surface area (Å²) in [6.07, 6.45) is 5.35. The predicted molar refractivity (Wildman–Crippen MR) is 65.0 cm³/mol. The van der Waals surface area contributed by atoms with Crippen LogP contribution in [0.3, 0.4) is 0 Å². The van der Waals surface area contributed by atoms with Gasteiger partial charge in [0, 0.05) is 30.4 Å². The Labute approximate surface area is 102 Å². The van der Waals surface area contributed by atoms with Gasteiger partial charge in [-0.15, -0.1) is 0 Å². The summed E-state index contributed by atoms with van der Waals surface area (Å²) in [5.74, 6) is -0.0934. The molecule has 0 saturated heterocycles. The molecule has 4 heteroatoms. The van der Waals surface area contributed by atoms with Crippen molar-refractivity contribution in [2.75, 3.05) is 7.11 Å². The van der Waals surface area contributed by atoms with Crippen LogP contribution < -0.4 is 0 Å². The lowest BCUT2D eigenvalue weighted by Crippen LogP contribution is -2.10. The van der Waals surface area contributed by atoms with Gasteiger partial charge in [0.05, 0.1) is 13.5 Å². The Morgan fingerprint density at radius 3 is 2.76 bits per heavy atom. The molecule has 1 atom stereocenters. The maximum atomic E-state index is 11.7. The van der Waals surface area contributed by atoms with Crippen molar-refractivity contribution in [2.45, 2.75) is 39.2 Å². The summed E-state index contributed by atoms with van der Waals surface area (Å²) >= 11 is 0. The third-order valence-electron chi connectivity index (χ3n) is 2.71. The third-order valence-corrected chi connectivity index (χ3v) is 2.71. The molecule has 0 amide bonds. The van der Waals surface area contributed by atoms with Gasteiger partial charge in [0.25, 0.3) is 0 Å². The van der Waals surface area contributed by atoms with E-state index in [1.807, 2.05) is 24.6 Å². The lowest BCUT2D eigenvalue weighted by molar-refractivity contribution is -0.141. The fourth-order valence-corrected chi connectivity index (χ4v) is 1.65. The van der Waals surface area contributed by atoms with Gasteiger partial charge in [0.1, 0.15) is 0 Å². The molecule has 1 rings (SSSR count). The summed E-state index contributed by atoms with van der Waals surface area (Å²) in [4.78, 5) is 22.8. The second kappa shape index (κ2) is 6.23. The lowest BCUT2D eigenvalue weighted by Gasteiger charge is -2.11. The van der Waals surface area contributed by atoms with Crippen molar-refractivity contribution in [3.63, 3.8) is 0 Å². The number of methoxy groups -OCH3 is 1. The van der Waals surface area contributed by atoms with Gasteiger partial charge in [-0.25, -0.2) is 0 Å². The summed E-state index contributed by atoms with van der Waals surface area (Å²) in [5, 5.41) is 0. The van der Waals surface area contributed by atoms with E-state index < -0.39 is 0 Å². The van der Waals surface area contributed by atoms with Crippen LogP contribution >= 0.6 is 0 Å². The Hall–Kier alpha value is -1.58. The van der Waals surface area contributed by atoms with Crippen LogP contribution in [0.25, 0.3) is 0 Å². The average molecular weight is 237 g/mol. The van der Waals surface area contributed by atoms with Crippen molar-refractivity contribution in [1.82, 2.24) is 4.57 Å². The van der Waals surface area contributed by atoms with Crippen LogP contribution in [0.15, 0.2) is 18.5 Å². The molecule has 0 saturated carbocycles. The average Bonchev–Trinajstić information content (AvgIpc) is 2.78. The van der Waals surface area contributed by atoms with Crippen molar-refractivity contribution in [3.05, 3.63) is 24.0 Å². The van der Waals surface area contributed by atoms with E-state index in [0.29, 0.717) is 18.4 Å². The Kier molecular flexibility index (Phi) is 4.94. The Morgan fingerprint density at radius 1 is 1.47 bits per heavy atom. The zero-order valence-electron chi connectivity index (χ0n) is 10.6. The topological polar surface area (TPSA) is 48.3 Å². The zero-order valence-corrected chi connectivity index (χ0v) is 10.6. The van der Waals surface area contributed by atoms with E-state index in [1.54, 1.807) is 12.3 Å². The lowest BCUT2D eigenvalue weighted by atomic mass is 10.1. The molecular weight excluding hydrogens is 218 g/mol. The fourth-order valence-electron chi connectivity index (χ4n) is 1.65. The molecular formula is C13H19NO3. The van der Waals surface area contributed by atoms with Gasteiger partial charge < -0.3 is 9.30 Å². The smallest absolute Gasteiger partial charge is 0.307 e. The number of ether oxygens (including phenoxy) is 1. The first-order valence-electron chi connectivity index (χ1n) is 5.86. The van der Waals surface area contributed by atoms with E-state index in [0.717, 1.165) is 6.42 Å². The van der Waals surface area contributed by atoms with Gasteiger partial charge in [-0.1, -0.05) is 6.92 Å². The molecule has 0 aromatic carbocycles. The van der Waals surface area contributed by atoms with Crippen LogP contribution in [0.2, 0.25) is 0 Å². The van der Waals surface area contributed by atoms with Gasteiger partial charge in [0.2, 0.25) is 0 Å². The molecule has 0 radical (unpaired) electrons. The number of hydrogen-bond acceptors (Lipinski definition) is 3. The van der Waals surface area contributed by atoms with Crippen molar-refractivity contribution in [2.24, 2.45) is 0 Å². The minimum atomic E-state index is -0.243. The van der Waals surface area contributed by atoms with Gasteiger partial charge in [-0.2, -0.15) is 0 Å². The molecule has 0 spiro atoms. The monoisotopic (exact) mass is 237 g/mol. The highest BCUT2D eigenvalue weighted by atomic mass is 16.5. The molecule has 1 aromatic heterocycles. The second-order valence-corrected chi connectivity index (χ2v) is 4.15. The molecule has 1 unspecified atom stereocenters. The van der Waals surface area contributed by atoms with Crippen LogP contribution in [0.4, 0.5) is 0 Å². The number of nitrogens with zero attached hydrogens (tertiary/aromatic N) is 1. The molecule has 94 valence electrons. The van der Waals surface area contributed by atoms with E-state index in [-0.39, 0.29) is 17.8 Å². The molecule has 0 aliphatic rings. The molecule has 17 heavy (non-hydrogen) atoms. The molecule has 0 aliphatic carbocycles. The van der Waals surface area contributed by atoms with E-state index in [2.05, 4.69) is 4.74 Å². The normalized spacial score (nSPS) is 12.2. The predicted octanol–water partition coefficient (Wildman–Crippen LogP) is 2.60. The summed E-state index contributed by atoms with van der Waals surface area (Å²) in [6, 6.07) is 1.80. The van der Waals surface area contributed by atoms with Crippen molar-refractivity contribution >= 4 is 11.8 Å². The maximum Gasteiger partial charge on any atom is 0.307 e. The van der Waals surface area contributed by atoms with Crippen LogP contribution in [-0.4, -0.2) is 23.4 Å². The van der Waals surface area contributed by atoms with E-state index in [1.165, 1.54) is 7.11 Å². The minimum Gasteiger partial charge on any atom is -0.469 e. The number of ketones is 1. The highest BCUT2D eigenvalue weighted by molar-refractivity contribution is 5.95. The summed E-state index contributed by atoms with van der Waals surface area (Å²) in [5.41, 5.74) is 0.712. The van der Waals surface area contributed by atoms with Crippen molar-refractivity contribution in [3.8, 4) is 0 Å². The Morgan fingerprint density at radius 2 is 2.18 bits per heavy atom. The van der Waals surface area contributed by atoms with Crippen LogP contribution in [0, 0.1) is 0 Å². The maximum absolute atomic E-state index is 11.7. The molecule has 0 fully saturated rings. The number of carbonyl (C=O) groups excluding carboxylic acids is 2. The number of carbonyl (C=O) groups is 2. The highest BCUT2D eigenvalue weighted by Crippen LogP contribution is 2.15. The summed E-state index contributed by atoms with van der Waals surface area (Å²) < 4.78 is 6.49. The minimum absolute atomic E-state index is 0.00521. The molecule has 0 bridgehead atoms. The molecule has 0 aliphatic heterocycles. The van der Waals surface area contributed by atoms with Crippen LogP contribution in [-0.2, 0) is 9.53 Å². The molecule has 0 N–H and O–H groups in total. The van der Waals surface area contributed by atoms with Crippen LogP contribution in [0.1, 0.15) is 49.5 Å². The molecule has 1 heterocycles. The number of aromatic nitrogens is 1. The number of Topliss-reactive ketones (excluding diaryl/α,β-unsaturated/α-hetero) is 1. The SMILES string of the molecule is CCCC(=O)c1ccn(C(C)CC(=O)OC)c1. The molecule has 4 nitrogen and oxygen atoms in total. The second-order valence-electron chi connectivity index (χ2n) is 4.15. The standard InChI is InChI=1S/C13H19NO3/c1-4-5-12(15)11-6-7-14(9-11)10(2)8-13(16)17-3/h6-7,9-10H,4-5,8H2,1-3H3. The number of rotatable bonds is 6. The fraction of sp³-hybridized carbons (Fsp3) is 0.538. The van der Waals surface area contributed by atoms with Gasteiger partial charge in [0.15, 0.2) is 5.78 Å². The third kappa shape index (κ3) is 3.73. The van der Waals surface area contributed by atoms with Crippen LogP contribution in [0.5, 0.6) is 0 Å². The first-order valence-corrected chi connectivity index (χ1v) is 5.86. The van der Waals surface area contributed by atoms with Gasteiger partial charge >= 0.3 is 5.97 Å². The highest BCUT2D eigenvalue weighted by Gasteiger charge is 2.13. The van der Waals surface area contributed by atoms with Gasteiger partial charge in [-0.05, 0) is 19.4 Å². The largest absolute Gasteiger partial charge is 0.469 e. The molecule has 1 aromatic rings. The number of esters is 1. The van der Waals surface area contributed by atoms with E-state index in [9.17, 15) is 9.59 Å². The van der Waals surface area contributed by atoms with Crippen molar-refractivity contribution in [1.29, 1.82) is 0 Å². The van der Waals surface area contributed by atoms with Gasteiger partial charge in [-0.3, -0.25) is 9.59 Å². The van der Waals surface area contributed by atoms with E-state index in [4.69, 9.17) is 0 Å². The summed E-state index contributed by atoms with van der Waals surface area (Å²) in [6.45, 7) is 3.90. The first-order chi connectivity index (χ1) is 8.08. The van der Waals surface area contributed by atoms with Crippen molar-refractivity contribution < 1.29 is 14.3 Å². The Bertz CT molecular complexity index is 395. The zero-order chi connectivity index (χ0) is 12.8. The van der Waals surface area contributed by atoms with E-state index >= 15 is 0 Å². The quantitative estimate of drug-likeness (QED) is 0.564. The Balaban J connectivity index is 2.67. The summed E-state index contributed by atoms with van der Waals surface area (Å²) in [7, 11) is 1.38. The first kappa shape index (κ1) is 13.5.